The lowest BCUT2D eigenvalue weighted by molar-refractivity contribution is -0.113. The van der Waals surface area contributed by atoms with E-state index in [0.717, 1.165) is 15.7 Å². The first kappa shape index (κ1) is 26.2. The van der Waals surface area contributed by atoms with Gasteiger partial charge in [-0.25, -0.2) is 0 Å². The molecule has 2 aromatic carbocycles. The Morgan fingerprint density at radius 2 is 1.82 bits per heavy atom. The molecule has 2 amide bonds. The van der Waals surface area contributed by atoms with E-state index in [-0.39, 0.29) is 29.5 Å². The number of hydrogen-bond acceptors (Lipinski definition) is 5. The predicted molar refractivity (Wildman–Crippen MR) is 141 cm³/mol. The minimum Gasteiger partial charge on any atom is -0.342 e. The zero-order chi connectivity index (χ0) is 24.8. The maximum absolute atomic E-state index is 12.6. The number of anilines is 1. The van der Waals surface area contributed by atoms with Gasteiger partial charge >= 0.3 is 0 Å². The van der Waals surface area contributed by atoms with E-state index in [1.54, 1.807) is 24.3 Å². The first-order valence-electron chi connectivity index (χ1n) is 10.9. The zero-order valence-corrected chi connectivity index (χ0v) is 22.6. The van der Waals surface area contributed by atoms with Gasteiger partial charge in [-0.15, -0.1) is 10.2 Å². The van der Waals surface area contributed by atoms with Crippen LogP contribution in [0.4, 0.5) is 5.69 Å². The van der Waals surface area contributed by atoms with E-state index >= 15 is 0 Å². The summed E-state index contributed by atoms with van der Waals surface area (Å²) in [6, 6.07) is 12.2. The van der Waals surface area contributed by atoms with Crippen LogP contribution in [0.5, 0.6) is 0 Å². The average Bonchev–Trinajstić information content (AvgIpc) is 3.22. The van der Waals surface area contributed by atoms with Crippen molar-refractivity contribution in [3.63, 3.8) is 0 Å². The normalized spacial score (nSPS) is 12.0. The van der Waals surface area contributed by atoms with E-state index in [4.69, 9.17) is 11.6 Å². The molecule has 0 spiro atoms. The fraction of sp³-hybridized carbons (Fsp3) is 0.333. The second-order valence-corrected chi connectivity index (χ2v) is 10.3. The van der Waals surface area contributed by atoms with Crippen molar-refractivity contribution < 1.29 is 9.59 Å². The number of carbonyl (C=O) groups is 2. The van der Waals surface area contributed by atoms with Gasteiger partial charge in [-0.2, -0.15) is 0 Å². The van der Waals surface area contributed by atoms with Gasteiger partial charge in [-0.3, -0.25) is 9.59 Å². The quantitative estimate of drug-likeness (QED) is 0.309. The van der Waals surface area contributed by atoms with E-state index < -0.39 is 0 Å². The number of nitrogens with one attached hydrogen (secondary N) is 2. The highest BCUT2D eigenvalue weighted by atomic mass is 79.9. The number of halogens is 2. The van der Waals surface area contributed by atoms with E-state index in [0.29, 0.717) is 28.1 Å². The largest absolute Gasteiger partial charge is 0.342 e. The van der Waals surface area contributed by atoms with Crippen LogP contribution in [0.15, 0.2) is 52.1 Å². The Kier molecular flexibility index (Phi) is 9.16. The number of hydrogen-bond donors (Lipinski definition) is 2. The van der Waals surface area contributed by atoms with Gasteiger partial charge in [0.25, 0.3) is 5.91 Å². The molecule has 1 atom stereocenters. The van der Waals surface area contributed by atoms with Crippen LogP contribution in [0.25, 0.3) is 0 Å². The number of rotatable bonds is 9. The van der Waals surface area contributed by atoms with Crippen molar-refractivity contribution in [3.8, 4) is 0 Å². The molecule has 0 bridgehead atoms. The average molecular weight is 565 g/mol. The summed E-state index contributed by atoms with van der Waals surface area (Å²) >= 11 is 10.7. The standard InChI is InChI=1S/C24H27BrClN5O2S/c1-5-31-22(15(4)27-23(33)16-6-9-18(26)10-7-16)29-30-24(31)34-13-21(32)28-20-11-8-17(25)12-19(20)14(2)3/h6-12,14-15H,5,13H2,1-4H3,(H,27,33)(H,28,32)/t15-/m1/s1. The van der Waals surface area contributed by atoms with Gasteiger partial charge < -0.3 is 15.2 Å². The SMILES string of the molecule is CCn1c(SCC(=O)Nc2ccc(Br)cc2C(C)C)nnc1[C@@H](C)NC(=O)c1ccc(Cl)cc1. The van der Waals surface area contributed by atoms with Crippen molar-refractivity contribution in [2.24, 2.45) is 0 Å². The molecule has 1 heterocycles. The molecule has 0 fully saturated rings. The van der Waals surface area contributed by atoms with Crippen LogP contribution in [0.1, 0.15) is 61.4 Å². The summed E-state index contributed by atoms with van der Waals surface area (Å²) in [7, 11) is 0. The third-order valence-electron chi connectivity index (χ3n) is 5.15. The maximum atomic E-state index is 12.6. The minimum absolute atomic E-state index is 0.120. The van der Waals surface area contributed by atoms with Crippen LogP contribution in [0, 0.1) is 0 Å². The van der Waals surface area contributed by atoms with E-state index in [1.807, 2.05) is 36.6 Å². The van der Waals surface area contributed by atoms with Gasteiger partial charge in [0, 0.05) is 27.3 Å². The van der Waals surface area contributed by atoms with Crippen molar-refractivity contribution in [1.82, 2.24) is 20.1 Å². The molecule has 3 aromatic rings. The maximum Gasteiger partial charge on any atom is 0.251 e. The second-order valence-electron chi connectivity index (χ2n) is 8.01. The Morgan fingerprint density at radius 3 is 2.47 bits per heavy atom. The number of nitrogens with zero attached hydrogens (tertiary/aromatic N) is 3. The van der Waals surface area contributed by atoms with Crippen LogP contribution in [-0.4, -0.2) is 32.3 Å². The van der Waals surface area contributed by atoms with Crippen LogP contribution in [0.3, 0.4) is 0 Å². The highest BCUT2D eigenvalue weighted by molar-refractivity contribution is 9.10. The number of aromatic nitrogens is 3. The fourth-order valence-corrected chi connectivity index (χ4v) is 4.73. The lowest BCUT2D eigenvalue weighted by atomic mass is 10.0. The first-order chi connectivity index (χ1) is 16.2. The smallest absolute Gasteiger partial charge is 0.251 e. The fourth-order valence-electron chi connectivity index (χ4n) is 3.41. The third kappa shape index (κ3) is 6.61. The molecule has 3 rings (SSSR count). The molecule has 10 heteroatoms. The molecule has 2 N–H and O–H groups in total. The van der Waals surface area contributed by atoms with Crippen molar-refractivity contribution >= 4 is 56.8 Å². The predicted octanol–water partition coefficient (Wildman–Crippen LogP) is 6.06. The molecule has 0 saturated carbocycles. The molecule has 0 radical (unpaired) electrons. The molecule has 180 valence electrons. The highest BCUT2D eigenvalue weighted by Gasteiger charge is 2.20. The Bertz CT molecular complexity index is 1170. The van der Waals surface area contributed by atoms with Gasteiger partial charge in [0.15, 0.2) is 11.0 Å². The van der Waals surface area contributed by atoms with E-state index in [2.05, 4.69) is 50.6 Å². The summed E-state index contributed by atoms with van der Waals surface area (Å²) in [6.45, 7) is 8.61. The zero-order valence-electron chi connectivity index (χ0n) is 19.4. The van der Waals surface area contributed by atoms with Crippen molar-refractivity contribution in [1.29, 1.82) is 0 Å². The Hall–Kier alpha value is -2.36. The topological polar surface area (TPSA) is 88.9 Å². The van der Waals surface area contributed by atoms with Crippen molar-refractivity contribution in [3.05, 3.63) is 68.9 Å². The molecule has 0 unspecified atom stereocenters. The third-order valence-corrected chi connectivity index (χ3v) is 6.86. The molecule has 0 saturated heterocycles. The van der Waals surface area contributed by atoms with Gasteiger partial charge in [0.2, 0.25) is 5.91 Å². The van der Waals surface area contributed by atoms with Gasteiger partial charge in [0.05, 0.1) is 11.8 Å². The second kappa shape index (κ2) is 11.9. The molecular formula is C24H27BrClN5O2S. The van der Waals surface area contributed by atoms with Gasteiger partial charge in [-0.1, -0.05) is 53.1 Å². The highest BCUT2D eigenvalue weighted by Crippen LogP contribution is 2.28. The summed E-state index contributed by atoms with van der Waals surface area (Å²) in [6.07, 6.45) is 0. The number of benzene rings is 2. The molecule has 34 heavy (non-hydrogen) atoms. The molecule has 0 aliphatic heterocycles. The molecule has 0 aliphatic rings. The molecule has 0 aliphatic carbocycles. The van der Waals surface area contributed by atoms with E-state index in [9.17, 15) is 9.59 Å². The molecule has 7 nitrogen and oxygen atoms in total. The Morgan fingerprint density at radius 1 is 1.12 bits per heavy atom. The van der Waals surface area contributed by atoms with Crippen LogP contribution < -0.4 is 10.6 Å². The Balaban J connectivity index is 1.64. The van der Waals surface area contributed by atoms with E-state index in [1.165, 1.54) is 11.8 Å². The lowest BCUT2D eigenvalue weighted by Crippen LogP contribution is -2.28. The number of carbonyl (C=O) groups excluding carboxylic acids is 2. The summed E-state index contributed by atoms with van der Waals surface area (Å²) in [5, 5.41) is 15.7. The summed E-state index contributed by atoms with van der Waals surface area (Å²) in [5.74, 6) is 0.750. The van der Waals surface area contributed by atoms with Crippen molar-refractivity contribution in [2.75, 3.05) is 11.1 Å². The minimum atomic E-state index is -0.366. The summed E-state index contributed by atoms with van der Waals surface area (Å²) in [4.78, 5) is 25.2. The van der Waals surface area contributed by atoms with Crippen LogP contribution in [0.2, 0.25) is 5.02 Å². The van der Waals surface area contributed by atoms with Crippen LogP contribution >= 0.6 is 39.3 Å². The van der Waals surface area contributed by atoms with Gasteiger partial charge in [-0.05, 0) is 67.8 Å². The van der Waals surface area contributed by atoms with Gasteiger partial charge in [0.1, 0.15) is 0 Å². The van der Waals surface area contributed by atoms with Crippen LogP contribution in [-0.2, 0) is 11.3 Å². The molecular weight excluding hydrogens is 538 g/mol. The van der Waals surface area contributed by atoms with Crippen molar-refractivity contribution in [2.45, 2.75) is 51.4 Å². The number of amides is 2. The monoisotopic (exact) mass is 563 g/mol. The summed E-state index contributed by atoms with van der Waals surface area (Å²) in [5.41, 5.74) is 2.38. The molecule has 1 aromatic heterocycles. The number of thioether (sulfide) groups is 1. The summed E-state index contributed by atoms with van der Waals surface area (Å²) < 4.78 is 2.88. The first-order valence-corrected chi connectivity index (χ1v) is 13.1. The lowest BCUT2D eigenvalue weighted by Gasteiger charge is -2.16. The Labute approximate surface area is 217 Å².